The van der Waals surface area contributed by atoms with Gasteiger partial charge in [-0.1, -0.05) is 26.0 Å². The van der Waals surface area contributed by atoms with Crippen molar-refractivity contribution in [1.29, 1.82) is 0 Å². The lowest BCUT2D eigenvalue weighted by molar-refractivity contribution is -0.137. The van der Waals surface area contributed by atoms with Crippen LogP contribution in [0, 0.1) is 5.82 Å². The van der Waals surface area contributed by atoms with Gasteiger partial charge in [-0.3, -0.25) is 4.79 Å². The number of alkyl halides is 3. The Balaban J connectivity index is 2.17. The molecule has 2 aromatic rings. The average Bonchev–Trinajstić information content (AvgIpc) is 2.90. The van der Waals surface area contributed by atoms with Gasteiger partial charge in [-0.25, -0.2) is 17.1 Å². The molecule has 2 rings (SSSR count). The Morgan fingerprint density at radius 3 is 2.37 bits per heavy atom. The molecule has 41 heavy (non-hydrogen) atoms. The Hall–Kier alpha value is -2.74. The summed E-state index contributed by atoms with van der Waals surface area (Å²) in [6, 6.07) is 8.06. The third kappa shape index (κ3) is 11.6. The number of methoxy groups -OCH3 is 1. The minimum Gasteiger partial charge on any atom is -0.497 e. The Morgan fingerprint density at radius 2 is 1.76 bits per heavy atom. The highest BCUT2D eigenvalue weighted by atomic mass is 32.2. The predicted molar refractivity (Wildman–Crippen MR) is 148 cm³/mol. The number of ether oxygens (including phenoxy) is 1. The molecule has 8 nitrogen and oxygen atoms in total. The zero-order valence-corrected chi connectivity index (χ0v) is 24.3. The van der Waals surface area contributed by atoms with Crippen LogP contribution in [-0.2, 0) is 34.0 Å². The largest absolute Gasteiger partial charge is 0.497 e. The molecule has 0 aromatic heterocycles. The molecule has 0 aliphatic carbocycles. The monoisotopic (exact) mass is 605 g/mol. The minimum atomic E-state index is -4.79. The van der Waals surface area contributed by atoms with Crippen LogP contribution in [0.5, 0.6) is 5.75 Å². The van der Waals surface area contributed by atoms with Gasteiger partial charge in [-0.15, -0.1) is 0 Å². The second kappa shape index (κ2) is 16.0. The van der Waals surface area contributed by atoms with Gasteiger partial charge in [0.15, 0.2) is 0 Å². The van der Waals surface area contributed by atoms with E-state index in [1.165, 1.54) is 11.4 Å². The number of nitrogens with one attached hydrogen (secondary N) is 2. The summed E-state index contributed by atoms with van der Waals surface area (Å²) in [6.07, 6.45) is -5.60. The average molecular weight is 606 g/mol. The van der Waals surface area contributed by atoms with Crippen LogP contribution in [0.25, 0.3) is 0 Å². The first kappa shape index (κ1) is 34.5. The van der Waals surface area contributed by atoms with Crippen LogP contribution >= 0.6 is 0 Å². The number of hydrogen-bond acceptors (Lipinski definition) is 6. The number of benzene rings is 2. The molecule has 0 fully saturated rings. The van der Waals surface area contributed by atoms with Crippen molar-refractivity contribution >= 4 is 15.9 Å². The summed E-state index contributed by atoms with van der Waals surface area (Å²) in [5, 5.41) is 16.5. The van der Waals surface area contributed by atoms with Crippen molar-refractivity contribution in [2.75, 3.05) is 32.5 Å². The first-order valence-corrected chi connectivity index (χ1v) is 15.1. The van der Waals surface area contributed by atoms with E-state index in [1.807, 2.05) is 19.9 Å². The van der Waals surface area contributed by atoms with E-state index in [0.717, 1.165) is 17.7 Å². The number of nitrogens with zero attached hydrogens (tertiary/aromatic N) is 1. The molecular formula is C28H39F4N3O5S. The van der Waals surface area contributed by atoms with E-state index in [9.17, 15) is 35.9 Å². The molecule has 0 bridgehead atoms. The maximum absolute atomic E-state index is 14.0. The van der Waals surface area contributed by atoms with Crippen LogP contribution in [0.2, 0.25) is 0 Å². The van der Waals surface area contributed by atoms with Gasteiger partial charge in [0.05, 0.1) is 30.6 Å². The summed E-state index contributed by atoms with van der Waals surface area (Å²) in [4.78, 5) is 12.8. The van der Waals surface area contributed by atoms with Crippen molar-refractivity contribution < 1.29 is 40.6 Å². The quantitative estimate of drug-likeness (QED) is 0.237. The maximum Gasteiger partial charge on any atom is 0.416 e. The molecule has 0 heterocycles. The van der Waals surface area contributed by atoms with E-state index in [4.69, 9.17) is 4.74 Å². The van der Waals surface area contributed by atoms with Crippen LogP contribution in [0.3, 0.4) is 0 Å². The Labute approximate surface area is 239 Å². The molecule has 1 amide bonds. The number of rotatable bonds is 17. The molecule has 13 heteroatoms. The molecule has 0 spiro atoms. The van der Waals surface area contributed by atoms with Crippen molar-refractivity contribution in [3.05, 3.63) is 65.0 Å². The molecular weight excluding hydrogens is 566 g/mol. The highest BCUT2D eigenvalue weighted by Crippen LogP contribution is 2.30. The molecule has 0 saturated carbocycles. The highest BCUT2D eigenvalue weighted by Gasteiger charge is 2.32. The number of halogens is 4. The van der Waals surface area contributed by atoms with E-state index in [1.54, 1.807) is 18.2 Å². The summed E-state index contributed by atoms with van der Waals surface area (Å²) in [5.41, 5.74) is -0.439. The van der Waals surface area contributed by atoms with E-state index in [-0.39, 0.29) is 18.5 Å². The van der Waals surface area contributed by atoms with Gasteiger partial charge in [0.1, 0.15) is 11.6 Å². The van der Waals surface area contributed by atoms with Crippen molar-refractivity contribution in [2.45, 2.75) is 64.4 Å². The van der Waals surface area contributed by atoms with Crippen molar-refractivity contribution in [3.63, 3.8) is 0 Å². The van der Waals surface area contributed by atoms with E-state index < -0.39 is 57.8 Å². The standard InChI is InChI=1S/C28H39F4N3O5S/c1-4-10-35(11-5-2)41(38,39)12-9-27(37)34-25(16-21-13-22(28(30,31)32)17-23(29)14-21)26(36)19-33-18-20-7-6-8-24(15-20)40-3/h6-8,13-15,17,25-26,33,36H,4-5,9-12,16,18-19H2,1-3H3,(H,34,37)/t25-,26+/m0/s1. The molecule has 2 atom stereocenters. The lowest BCUT2D eigenvalue weighted by Crippen LogP contribution is -2.49. The molecule has 3 N–H and O–H groups in total. The van der Waals surface area contributed by atoms with Gasteiger partial charge in [-0.2, -0.15) is 13.2 Å². The lowest BCUT2D eigenvalue weighted by atomic mass is 9.98. The SMILES string of the molecule is CCCN(CCC)S(=O)(=O)CCC(=O)N[C@@H](Cc1cc(F)cc(C(F)(F)F)c1)[C@H](O)CNCc1cccc(OC)c1. The Kier molecular flexibility index (Phi) is 13.5. The number of carbonyl (C=O) groups is 1. The van der Waals surface area contributed by atoms with Gasteiger partial charge in [0, 0.05) is 32.6 Å². The summed E-state index contributed by atoms with van der Waals surface area (Å²) < 4.78 is 85.8. The normalized spacial score (nSPS) is 13.7. The number of carbonyl (C=O) groups excluding carboxylic acids is 1. The Morgan fingerprint density at radius 1 is 1.07 bits per heavy atom. The van der Waals surface area contributed by atoms with Crippen LogP contribution in [0.1, 0.15) is 49.8 Å². The van der Waals surface area contributed by atoms with Crippen molar-refractivity contribution in [1.82, 2.24) is 14.9 Å². The lowest BCUT2D eigenvalue weighted by Gasteiger charge is -2.26. The molecule has 0 radical (unpaired) electrons. The molecule has 2 aromatic carbocycles. The molecule has 0 aliphatic rings. The number of amides is 1. The van der Waals surface area contributed by atoms with Crippen LogP contribution < -0.4 is 15.4 Å². The number of aliphatic hydroxyl groups is 1. The highest BCUT2D eigenvalue weighted by molar-refractivity contribution is 7.89. The van der Waals surface area contributed by atoms with Crippen molar-refractivity contribution in [2.24, 2.45) is 0 Å². The first-order valence-electron chi connectivity index (χ1n) is 13.4. The van der Waals surface area contributed by atoms with Crippen LogP contribution in [-0.4, -0.2) is 68.4 Å². The number of hydrogen-bond donors (Lipinski definition) is 3. The maximum atomic E-state index is 14.0. The fourth-order valence-electron chi connectivity index (χ4n) is 4.28. The minimum absolute atomic E-state index is 0.0668. The van der Waals surface area contributed by atoms with E-state index in [2.05, 4.69) is 10.6 Å². The van der Waals surface area contributed by atoms with Crippen LogP contribution in [0.15, 0.2) is 42.5 Å². The first-order chi connectivity index (χ1) is 19.3. The van der Waals surface area contributed by atoms with E-state index in [0.29, 0.717) is 44.3 Å². The van der Waals surface area contributed by atoms with Gasteiger partial charge < -0.3 is 20.5 Å². The van der Waals surface area contributed by atoms with Gasteiger partial charge in [0.25, 0.3) is 0 Å². The summed E-state index contributed by atoms with van der Waals surface area (Å²) >= 11 is 0. The fraction of sp³-hybridized carbons (Fsp3) is 0.536. The molecule has 0 unspecified atom stereocenters. The molecule has 230 valence electrons. The zero-order chi connectivity index (χ0) is 30.6. The van der Waals surface area contributed by atoms with Crippen molar-refractivity contribution in [3.8, 4) is 5.75 Å². The van der Waals surface area contributed by atoms with Crippen LogP contribution in [0.4, 0.5) is 17.6 Å². The second-order valence-corrected chi connectivity index (χ2v) is 11.8. The smallest absolute Gasteiger partial charge is 0.416 e. The Bertz CT molecular complexity index is 1220. The molecule has 0 aliphatic heterocycles. The third-order valence-electron chi connectivity index (χ3n) is 6.29. The predicted octanol–water partition coefficient (Wildman–Crippen LogP) is 3.87. The summed E-state index contributed by atoms with van der Waals surface area (Å²) in [5.74, 6) is -1.64. The molecule has 0 saturated heterocycles. The van der Waals surface area contributed by atoms with Gasteiger partial charge in [0.2, 0.25) is 15.9 Å². The fourth-order valence-corrected chi connectivity index (χ4v) is 5.90. The summed E-state index contributed by atoms with van der Waals surface area (Å²) in [7, 11) is -2.20. The summed E-state index contributed by atoms with van der Waals surface area (Å²) in [6.45, 7) is 4.57. The van der Waals surface area contributed by atoms with Gasteiger partial charge in [-0.05, 0) is 60.7 Å². The third-order valence-corrected chi connectivity index (χ3v) is 8.17. The second-order valence-electron chi connectivity index (χ2n) is 9.74. The number of aliphatic hydroxyl groups excluding tert-OH is 1. The number of sulfonamides is 1. The van der Waals surface area contributed by atoms with E-state index >= 15 is 0 Å². The van der Waals surface area contributed by atoms with Gasteiger partial charge >= 0.3 is 6.18 Å². The zero-order valence-electron chi connectivity index (χ0n) is 23.5. The topological polar surface area (TPSA) is 108 Å².